The zero-order valence-electron chi connectivity index (χ0n) is 17.5. The highest BCUT2D eigenvalue weighted by Gasteiger charge is 2.28. The number of carbonyl (C=O) groups excluding carboxylic acids is 1. The minimum atomic E-state index is -0.507. The van der Waals surface area contributed by atoms with E-state index in [2.05, 4.69) is 43.7 Å². The molecule has 0 fully saturated rings. The third kappa shape index (κ3) is 8.44. The number of unbranched alkanes of at least 4 members (excludes halogenated alkanes) is 2. The quantitative estimate of drug-likeness (QED) is 0.293. The molecule has 0 saturated heterocycles. The van der Waals surface area contributed by atoms with Crippen LogP contribution in [0.5, 0.6) is 0 Å². The molecule has 0 aliphatic heterocycles. The molecule has 0 heterocycles. The second-order valence-electron chi connectivity index (χ2n) is 8.17. The molecule has 1 aliphatic rings. The number of aliphatic hydroxyl groups excluding tert-OH is 2. The van der Waals surface area contributed by atoms with Crippen molar-refractivity contribution in [1.82, 2.24) is 0 Å². The second kappa shape index (κ2) is 12.1. The number of carbonyl (C=O) groups is 1. The van der Waals surface area contributed by atoms with Crippen molar-refractivity contribution in [2.45, 2.75) is 84.3 Å². The monoisotopic (exact) mass is 378 g/mol. The fourth-order valence-electron chi connectivity index (χ4n) is 3.34. The summed E-state index contributed by atoms with van der Waals surface area (Å²) in [6, 6.07) is 0. The summed E-state index contributed by atoms with van der Waals surface area (Å²) in [6.45, 7) is 6.35. The summed E-state index contributed by atoms with van der Waals surface area (Å²) in [6.07, 6.45) is 16.0. The van der Waals surface area contributed by atoms with Crippen molar-refractivity contribution < 1.29 is 19.7 Å². The number of rotatable bonds is 12. The topological polar surface area (TPSA) is 66.8 Å². The molecule has 0 spiro atoms. The summed E-state index contributed by atoms with van der Waals surface area (Å²) in [7, 11) is 1.41. The van der Waals surface area contributed by atoms with Crippen LogP contribution < -0.4 is 0 Å². The van der Waals surface area contributed by atoms with Crippen molar-refractivity contribution in [1.29, 1.82) is 0 Å². The Morgan fingerprint density at radius 3 is 2.78 bits per heavy atom. The Morgan fingerprint density at radius 1 is 1.37 bits per heavy atom. The van der Waals surface area contributed by atoms with Gasteiger partial charge in [-0.25, -0.2) is 0 Å². The number of ether oxygens (including phenoxy) is 1. The van der Waals surface area contributed by atoms with Gasteiger partial charge in [-0.05, 0) is 37.5 Å². The zero-order valence-corrected chi connectivity index (χ0v) is 17.5. The van der Waals surface area contributed by atoms with E-state index in [9.17, 15) is 15.0 Å². The Labute approximate surface area is 165 Å². The third-order valence-electron chi connectivity index (χ3n) is 5.44. The molecule has 0 aromatic rings. The Bertz CT molecular complexity index is 530. The van der Waals surface area contributed by atoms with Crippen LogP contribution in [0.1, 0.15) is 72.1 Å². The van der Waals surface area contributed by atoms with Crippen LogP contribution >= 0.6 is 0 Å². The first kappa shape index (κ1) is 23.6. The molecule has 1 aliphatic carbocycles. The normalized spacial score (nSPS) is 21.8. The van der Waals surface area contributed by atoms with E-state index >= 15 is 0 Å². The Balaban J connectivity index is 2.51. The highest BCUT2D eigenvalue weighted by molar-refractivity contribution is 5.69. The highest BCUT2D eigenvalue weighted by atomic mass is 16.5. The number of aliphatic hydroxyl groups is 2. The van der Waals surface area contributed by atoms with Gasteiger partial charge in [-0.3, -0.25) is 4.79 Å². The van der Waals surface area contributed by atoms with Crippen LogP contribution in [0.15, 0.2) is 36.0 Å². The van der Waals surface area contributed by atoms with Crippen molar-refractivity contribution in [3.05, 3.63) is 36.0 Å². The second-order valence-corrected chi connectivity index (χ2v) is 8.17. The van der Waals surface area contributed by atoms with Gasteiger partial charge in [-0.15, -0.1) is 0 Å². The van der Waals surface area contributed by atoms with Gasteiger partial charge in [0.2, 0.25) is 0 Å². The molecule has 0 radical (unpaired) electrons. The van der Waals surface area contributed by atoms with Crippen molar-refractivity contribution >= 4 is 5.97 Å². The van der Waals surface area contributed by atoms with Crippen molar-refractivity contribution in [2.75, 3.05) is 7.11 Å². The Kier molecular flexibility index (Phi) is 10.6. The van der Waals surface area contributed by atoms with Crippen LogP contribution in [0.3, 0.4) is 0 Å². The van der Waals surface area contributed by atoms with Gasteiger partial charge >= 0.3 is 5.97 Å². The Hall–Kier alpha value is -1.39. The standard InChI is InChI=1S/C23H38O4/c1-5-6-17-23(2,3)21(25)16-14-19-18(13-15-20(19)24)11-9-7-8-10-12-22(26)27-4/h7,9,13-14,16,19-21,24-25H,5-6,8,10-12,15,17H2,1-4H3/b9-7-,16-14+/t19-,20-,21-/m1/s1. The summed E-state index contributed by atoms with van der Waals surface area (Å²) < 4.78 is 4.63. The van der Waals surface area contributed by atoms with Crippen LogP contribution in [-0.2, 0) is 9.53 Å². The molecule has 154 valence electrons. The van der Waals surface area contributed by atoms with E-state index in [-0.39, 0.29) is 17.3 Å². The summed E-state index contributed by atoms with van der Waals surface area (Å²) in [4.78, 5) is 11.1. The van der Waals surface area contributed by atoms with E-state index in [1.807, 2.05) is 12.2 Å². The molecular formula is C23H38O4. The first-order chi connectivity index (χ1) is 12.8. The first-order valence-corrected chi connectivity index (χ1v) is 10.3. The molecule has 0 unspecified atom stereocenters. The summed E-state index contributed by atoms with van der Waals surface area (Å²) in [5.74, 6) is -0.197. The number of methoxy groups -OCH3 is 1. The molecule has 2 N–H and O–H groups in total. The van der Waals surface area contributed by atoms with Crippen LogP contribution in [-0.4, -0.2) is 35.5 Å². The smallest absolute Gasteiger partial charge is 0.305 e. The van der Waals surface area contributed by atoms with E-state index in [1.54, 1.807) is 0 Å². The number of allylic oxidation sites excluding steroid dienone is 2. The molecule has 1 rings (SSSR count). The van der Waals surface area contributed by atoms with E-state index in [0.29, 0.717) is 12.8 Å². The van der Waals surface area contributed by atoms with Crippen molar-refractivity contribution in [3.63, 3.8) is 0 Å². The summed E-state index contributed by atoms with van der Waals surface area (Å²) in [5, 5.41) is 20.8. The minimum Gasteiger partial charge on any atom is -0.469 e. The average Bonchev–Trinajstić information content (AvgIpc) is 3.00. The maximum absolute atomic E-state index is 11.1. The highest BCUT2D eigenvalue weighted by Crippen LogP contribution is 2.33. The number of esters is 1. The molecule has 3 atom stereocenters. The SMILES string of the molecule is CCCCC(C)(C)[C@H](O)/C=C/[C@@H]1C(C/C=C\CCCC(=O)OC)=CC[C@H]1O. The van der Waals surface area contributed by atoms with Gasteiger partial charge in [0.1, 0.15) is 0 Å². The largest absolute Gasteiger partial charge is 0.469 e. The third-order valence-corrected chi connectivity index (χ3v) is 5.44. The average molecular weight is 379 g/mol. The van der Waals surface area contributed by atoms with Crippen LogP contribution in [0.2, 0.25) is 0 Å². The van der Waals surface area contributed by atoms with Gasteiger partial charge in [0, 0.05) is 12.3 Å². The van der Waals surface area contributed by atoms with Gasteiger partial charge in [0.15, 0.2) is 0 Å². The molecule has 0 aromatic heterocycles. The maximum atomic E-state index is 11.1. The molecular weight excluding hydrogens is 340 g/mol. The number of hydrogen-bond acceptors (Lipinski definition) is 4. The van der Waals surface area contributed by atoms with Gasteiger partial charge in [-0.1, -0.05) is 69.6 Å². The van der Waals surface area contributed by atoms with Crippen LogP contribution in [0.4, 0.5) is 0 Å². The lowest BCUT2D eigenvalue weighted by Crippen LogP contribution is -2.28. The first-order valence-electron chi connectivity index (χ1n) is 10.3. The number of hydrogen-bond donors (Lipinski definition) is 2. The van der Waals surface area contributed by atoms with Crippen LogP contribution in [0.25, 0.3) is 0 Å². The van der Waals surface area contributed by atoms with Gasteiger partial charge in [0.25, 0.3) is 0 Å². The van der Waals surface area contributed by atoms with Gasteiger partial charge in [0.05, 0.1) is 19.3 Å². The van der Waals surface area contributed by atoms with E-state index in [1.165, 1.54) is 12.7 Å². The lowest BCUT2D eigenvalue weighted by Gasteiger charge is -2.29. The molecule has 4 nitrogen and oxygen atoms in total. The van der Waals surface area contributed by atoms with E-state index in [4.69, 9.17) is 0 Å². The van der Waals surface area contributed by atoms with Crippen LogP contribution in [0, 0.1) is 11.3 Å². The minimum absolute atomic E-state index is 0.0265. The zero-order chi connectivity index (χ0) is 20.3. The fraction of sp³-hybridized carbons (Fsp3) is 0.696. The predicted octanol–water partition coefficient (Wildman–Crippen LogP) is 4.72. The molecule has 0 aromatic carbocycles. The molecule has 4 heteroatoms. The van der Waals surface area contributed by atoms with E-state index in [0.717, 1.165) is 38.5 Å². The molecule has 27 heavy (non-hydrogen) atoms. The van der Waals surface area contributed by atoms with Gasteiger partial charge < -0.3 is 14.9 Å². The fourth-order valence-corrected chi connectivity index (χ4v) is 3.34. The molecule has 0 bridgehead atoms. The van der Waals surface area contributed by atoms with Crippen molar-refractivity contribution in [2.24, 2.45) is 11.3 Å². The van der Waals surface area contributed by atoms with Crippen molar-refractivity contribution in [3.8, 4) is 0 Å². The lowest BCUT2D eigenvalue weighted by atomic mass is 9.80. The molecule has 0 saturated carbocycles. The predicted molar refractivity (Wildman–Crippen MR) is 110 cm³/mol. The Morgan fingerprint density at radius 2 is 2.11 bits per heavy atom. The van der Waals surface area contributed by atoms with Gasteiger partial charge in [-0.2, -0.15) is 0 Å². The summed E-state index contributed by atoms with van der Waals surface area (Å²) >= 11 is 0. The summed E-state index contributed by atoms with van der Waals surface area (Å²) in [5.41, 5.74) is 1.04. The maximum Gasteiger partial charge on any atom is 0.305 e. The van der Waals surface area contributed by atoms with E-state index < -0.39 is 12.2 Å². The lowest BCUT2D eigenvalue weighted by molar-refractivity contribution is -0.140. The molecule has 0 amide bonds.